The number of aromatic nitrogens is 1. The van der Waals surface area contributed by atoms with Crippen LogP contribution >= 0.6 is 15.9 Å². The Bertz CT molecular complexity index is 1230. The molecule has 4 nitrogen and oxygen atoms in total. The van der Waals surface area contributed by atoms with Gasteiger partial charge in [-0.05, 0) is 34.7 Å². The van der Waals surface area contributed by atoms with Gasteiger partial charge < -0.3 is 5.11 Å². The van der Waals surface area contributed by atoms with Crippen molar-refractivity contribution in [2.45, 2.75) is 6.54 Å². The molecule has 1 aromatic heterocycles. The molecule has 0 aliphatic heterocycles. The van der Waals surface area contributed by atoms with Gasteiger partial charge in [0.05, 0.1) is 6.54 Å². The molecular weight excluding hydrogens is 418 g/mol. The van der Waals surface area contributed by atoms with E-state index in [0.717, 1.165) is 15.6 Å². The van der Waals surface area contributed by atoms with E-state index < -0.39 is 5.97 Å². The van der Waals surface area contributed by atoms with Crippen molar-refractivity contribution in [2.24, 2.45) is 0 Å². The van der Waals surface area contributed by atoms with Gasteiger partial charge in [-0.1, -0.05) is 76.6 Å². The molecule has 0 fully saturated rings. The maximum Gasteiger partial charge on any atom is 0.353 e. The number of carbonyl (C=O) groups is 1. The molecule has 0 aliphatic carbocycles. The van der Waals surface area contributed by atoms with Gasteiger partial charge in [0, 0.05) is 15.4 Å². The summed E-state index contributed by atoms with van der Waals surface area (Å²) in [5, 5.41) is 11.2. The van der Waals surface area contributed by atoms with Crippen molar-refractivity contribution in [3.05, 3.63) is 105 Å². The van der Waals surface area contributed by atoms with E-state index >= 15 is 0 Å². The molecule has 0 unspecified atom stereocenters. The Hall–Kier alpha value is -3.18. The molecule has 3 aromatic carbocycles. The van der Waals surface area contributed by atoms with Gasteiger partial charge in [0.15, 0.2) is 0 Å². The summed E-state index contributed by atoms with van der Waals surface area (Å²) in [5.74, 6) is -1.13. The van der Waals surface area contributed by atoms with Gasteiger partial charge >= 0.3 is 5.97 Å². The van der Waals surface area contributed by atoms with Crippen LogP contribution in [-0.4, -0.2) is 15.6 Å². The van der Waals surface area contributed by atoms with Gasteiger partial charge in [-0.3, -0.25) is 9.36 Å². The third-order valence-electron chi connectivity index (χ3n) is 4.68. The number of carboxylic acid groups (broad SMARTS) is 1. The molecule has 0 radical (unpaired) electrons. The lowest BCUT2D eigenvalue weighted by atomic mass is 9.96. The largest absolute Gasteiger partial charge is 0.477 e. The lowest BCUT2D eigenvalue weighted by Crippen LogP contribution is -2.28. The number of carboxylic acids is 1. The molecule has 5 heteroatoms. The second-order valence-corrected chi connectivity index (χ2v) is 7.38. The van der Waals surface area contributed by atoms with Crippen molar-refractivity contribution < 1.29 is 9.90 Å². The van der Waals surface area contributed by atoms with Crippen LogP contribution in [0, 0.1) is 0 Å². The highest BCUT2D eigenvalue weighted by Gasteiger charge is 2.23. The van der Waals surface area contributed by atoms with Crippen molar-refractivity contribution in [2.75, 3.05) is 0 Å². The molecule has 0 amide bonds. The number of benzene rings is 3. The Morgan fingerprint density at radius 3 is 2.18 bits per heavy atom. The van der Waals surface area contributed by atoms with Crippen molar-refractivity contribution in [3.8, 4) is 11.1 Å². The molecule has 1 heterocycles. The Kier molecular flexibility index (Phi) is 4.84. The number of hydrogen-bond donors (Lipinski definition) is 1. The highest BCUT2D eigenvalue weighted by molar-refractivity contribution is 9.10. The Morgan fingerprint density at radius 1 is 0.893 bits per heavy atom. The predicted octanol–water partition coefficient (Wildman–Crippen LogP) is 5.18. The molecule has 0 aliphatic rings. The Balaban J connectivity index is 2.13. The van der Waals surface area contributed by atoms with Gasteiger partial charge in [-0.25, -0.2) is 4.79 Å². The molecule has 4 aromatic rings. The molecule has 0 atom stereocenters. The topological polar surface area (TPSA) is 59.3 Å². The first kappa shape index (κ1) is 18.2. The van der Waals surface area contributed by atoms with Crippen LogP contribution in [0.2, 0.25) is 0 Å². The minimum absolute atomic E-state index is 0.00865. The summed E-state index contributed by atoms with van der Waals surface area (Å²) in [4.78, 5) is 25.6. The summed E-state index contributed by atoms with van der Waals surface area (Å²) >= 11 is 3.44. The fourth-order valence-corrected chi connectivity index (χ4v) is 3.82. The van der Waals surface area contributed by atoms with Crippen LogP contribution in [0.15, 0.2) is 88.1 Å². The lowest BCUT2D eigenvalue weighted by molar-refractivity contribution is 0.0685. The second-order valence-electron chi connectivity index (χ2n) is 6.46. The first-order chi connectivity index (χ1) is 13.6. The second kappa shape index (κ2) is 7.44. The zero-order chi connectivity index (χ0) is 19.7. The van der Waals surface area contributed by atoms with E-state index in [9.17, 15) is 14.7 Å². The minimum atomic E-state index is -1.13. The average molecular weight is 434 g/mol. The summed E-state index contributed by atoms with van der Waals surface area (Å²) in [7, 11) is 0. The van der Waals surface area contributed by atoms with Crippen molar-refractivity contribution in [3.63, 3.8) is 0 Å². The van der Waals surface area contributed by atoms with Crippen LogP contribution in [0.1, 0.15) is 16.1 Å². The van der Waals surface area contributed by atoms with Gasteiger partial charge in [-0.2, -0.15) is 0 Å². The summed E-state index contributed by atoms with van der Waals surface area (Å²) in [5.41, 5.74) is 1.83. The molecule has 0 saturated carbocycles. The number of nitrogens with zero attached hydrogens (tertiary/aromatic N) is 1. The third-order valence-corrected chi connectivity index (χ3v) is 5.18. The number of pyridine rings is 1. The molecule has 1 N–H and O–H groups in total. The third kappa shape index (κ3) is 3.25. The molecular formula is C23H16BrNO3. The number of fused-ring (bicyclic) bond motifs is 1. The molecule has 0 spiro atoms. The zero-order valence-corrected chi connectivity index (χ0v) is 16.4. The van der Waals surface area contributed by atoms with Gasteiger partial charge in [-0.15, -0.1) is 0 Å². The van der Waals surface area contributed by atoms with Gasteiger partial charge in [0.25, 0.3) is 5.56 Å². The van der Waals surface area contributed by atoms with Crippen LogP contribution in [0.5, 0.6) is 0 Å². The van der Waals surface area contributed by atoms with Crippen molar-refractivity contribution >= 4 is 32.7 Å². The first-order valence-electron chi connectivity index (χ1n) is 8.75. The Morgan fingerprint density at radius 2 is 1.54 bits per heavy atom. The monoisotopic (exact) mass is 433 g/mol. The predicted molar refractivity (Wildman–Crippen MR) is 114 cm³/mol. The molecule has 0 saturated heterocycles. The van der Waals surface area contributed by atoms with Crippen molar-refractivity contribution in [1.82, 2.24) is 4.57 Å². The average Bonchev–Trinajstić information content (AvgIpc) is 2.71. The number of hydrogen-bond acceptors (Lipinski definition) is 2. The maximum absolute atomic E-state index is 13.2. The molecule has 28 heavy (non-hydrogen) atoms. The molecule has 4 rings (SSSR count). The highest BCUT2D eigenvalue weighted by Crippen LogP contribution is 2.32. The van der Waals surface area contributed by atoms with Crippen LogP contribution in [0.3, 0.4) is 0 Å². The SMILES string of the molecule is O=C(O)c1c(-c2ccccc2)c2cc(Br)ccc2c(=O)n1Cc1ccccc1. The highest BCUT2D eigenvalue weighted by atomic mass is 79.9. The quantitative estimate of drug-likeness (QED) is 0.482. The van der Waals surface area contributed by atoms with E-state index in [-0.39, 0.29) is 17.8 Å². The number of rotatable bonds is 4. The zero-order valence-electron chi connectivity index (χ0n) is 14.8. The summed E-state index contributed by atoms with van der Waals surface area (Å²) in [6.07, 6.45) is 0. The van der Waals surface area contributed by atoms with E-state index in [2.05, 4.69) is 15.9 Å². The Labute approximate surface area is 169 Å². The summed E-state index contributed by atoms with van der Waals surface area (Å²) in [6, 6.07) is 24.0. The van der Waals surface area contributed by atoms with Gasteiger partial charge in [0.2, 0.25) is 0 Å². The van der Waals surface area contributed by atoms with Gasteiger partial charge in [0.1, 0.15) is 5.69 Å². The summed E-state index contributed by atoms with van der Waals surface area (Å²) in [6.45, 7) is 0.188. The van der Waals surface area contributed by atoms with E-state index in [1.165, 1.54) is 4.57 Å². The molecule has 138 valence electrons. The van der Waals surface area contributed by atoms with E-state index in [1.807, 2.05) is 60.7 Å². The van der Waals surface area contributed by atoms with E-state index in [0.29, 0.717) is 16.3 Å². The van der Waals surface area contributed by atoms with E-state index in [1.54, 1.807) is 18.2 Å². The van der Waals surface area contributed by atoms with Crippen LogP contribution in [0.4, 0.5) is 0 Å². The first-order valence-corrected chi connectivity index (χ1v) is 9.54. The van der Waals surface area contributed by atoms with Crippen molar-refractivity contribution in [1.29, 1.82) is 0 Å². The number of aromatic carboxylic acids is 1. The van der Waals surface area contributed by atoms with Crippen LogP contribution in [0.25, 0.3) is 21.9 Å². The maximum atomic E-state index is 13.2. The van der Waals surface area contributed by atoms with Crippen LogP contribution in [-0.2, 0) is 6.54 Å². The fraction of sp³-hybridized carbons (Fsp3) is 0.0435. The minimum Gasteiger partial charge on any atom is -0.477 e. The van der Waals surface area contributed by atoms with E-state index in [4.69, 9.17) is 0 Å². The standard InChI is InChI=1S/C23H16BrNO3/c24-17-11-12-18-19(13-17)20(16-9-5-2-6-10-16)21(23(27)28)25(22(18)26)14-15-7-3-1-4-8-15/h1-13H,14H2,(H,27,28). The molecule has 0 bridgehead atoms. The smallest absolute Gasteiger partial charge is 0.353 e. The van der Waals surface area contributed by atoms with Crippen LogP contribution < -0.4 is 5.56 Å². The lowest BCUT2D eigenvalue weighted by Gasteiger charge is -2.18. The summed E-state index contributed by atoms with van der Waals surface area (Å²) < 4.78 is 2.14. The number of halogens is 1. The fourth-order valence-electron chi connectivity index (χ4n) is 3.46. The normalized spacial score (nSPS) is 10.9.